The molecule has 2 rings (SSSR count). The average molecular weight is 305 g/mol. The van der Waals surface area contributed by atoms with Gasteiger partial charge in [-0.05, 0) is 18.5 Å². The fraction of sp³-hybridized carbons (Fsp3) is 0.364. The molecule has 0 fully saturated rings. The van der Waals surface area contributed by atoms with Crippen molar-refractivity contribution in [1.29, 1.82) is 0 Å². The summed E-state index contributed by atoms with van der Waals surface area (Å²) >= 11 is 0.981. The monoisotopic (exact) mass is 305 g/mol. The minimum atomic E-state index is -4.71. The number of nitrogens with zero attached hydrogens (tertiary/aromatic N) is 3. The first-order valence-corrected chi connectivity index (χ1v) is 6.30. The standard InChI is InChI=1S/C11H10F3N3O2S/c1-6-8(5-20-16-6)10(18)19-9(11(12,13)14)7-3-15-17(2)4-7/h3-5,9H,1-2H3/t9-/m1/s1. The predicted octanol–water partition coefficient (Wildman–Crippen LogP) is 2.65. The van der Waals surface area contributed by atoms with Crippen molar-refractivity contribution in [3.63, 3.8) is 0 Å². The Hall–Kier alpha value is -1.90. The normalized spacial score (nSPS) is 13.2. The van der Waals surface area contributed by atoms with Crippen molar-refractivity contribution in [2.45, 2.75) is 19.2 Å². The van der Waals surface area contributed by atoms with Crippen LogP contribution in [-0.2, 0) is 11.8 Å². The molecule has 0 N–H and O–H groups in total. The lowest BCUT2D eigenvalue weighted by molar-refractivity contribution is -0.207. The van der Waals surface area contributed by atoms with E-state index in [1.807, 2.05) is 0 Å². The molecule has 0 saturated heterocycles. The van der Waals surface area contributed by atoms with Crippen LogP contribution in [0.1, 0.15) is 27.7 Å². The van der Waals surface area contributed by atoms with E-state index >= 15 is 0 Å². The average Bonchev–Trinajstić information content (AvgIpc) is 2.93. The zero-order valence-electron chi connectivity index (χ0n) is 10.5. The summed E-state index contributed by atoms with van der Waals surface area (Å²) in [5, 5.41) is 5.01. The number of ether oxygens (including phenoxy) is 1. The Balaban J connectivity index is 2.26. The first-order chi connectivity index (χ1) is 9.29. The molecule has 0 aromatic carbocycles. The van der Waals surface area contributed by atoms with Crippen LogP contribution in [0.3, 0.4) is 0 Å². The van der Waals surface area contributed by atoms with E-state index in [1.54, 1.807) is 0 Å². The zero-order valence-corrected chi connectivity index (χ0v) is 11.3. The van der Waals surface area contributed by atoms with Crippen LogP contribution in [0.15, 0.2) is 17.8 Å². The highest BCUT2D eigenvalue weighted by Crippen LogP contribution is 2.36. The van der Waals surface area contributed by atoms with Crippen molar-refractivity contribution >= 4 is 17.5 Å². The minimum absolute atomic E-state index is 0.0353. The van der Waals surface area contributed by atoms with E-state index < -0.39 is 18.2 Å². The van der Waals surface area contributed by atoms with Crippen molar-refractivity contribution in [2.24, 2.45) is 7.05 Å². The largest absolute Gasteiger partial charge is 0.444 e. The van der Waals surface area contributed by atoms with Crippen molar-refractivity contribution in [1.82, 2.24) is 14.2 Å². The van der Waals surface area contributed by atoms with Gasteiger partial charge in [0.1, 0.15) is 0 Å². The van der Waals surface area contributed by atoms with Crippen LogP contribution in [0.5, 0.6) is 0 Å². The van der Waals surface area contributed by atoms with Crippen molar-refractivity contribution in [2.75, 3.05) is 0 Å². The van der Waals surface area contributed by atoms with E-state index in [4.69, 9.17) is 0 Å². The molecule has 0 bridgehead atoms. The molecule has 0 saturated carbocycles. The SMILES string of the molecule is Cc1nscc1C(=O)O[C@H](c1cnn(C)c1)C(F)(F)F. The third-order valence-electron chi connectivity index (χ3n) is 2.52. The van der Waals surface area contributed by atoms with Gasteiger partial charge in [0.15, 0.2) is 0 Å². The molecule has 0 aliphatic rings. The first kappa shape index (κ1) is 14.5. The summed E-state index contributed by atoms with van der Waals surface area (Å²) in [7, 11) is 1.48. The second kappa shape index (κ2) is 5.23. The van der Waals surface area contributed by atoms with E-state index in [9.17, 15) is 18.0 Å². The van der Waals surface area contributed by atoms with Gasteiger partial charge >= 0.3 is 12.1 Å². The van der Waals surface area contributed by atoms with E-state index in [-0.39, 0.29) is 11.1 Å². The van der Waals surface area contributed by atoms with Crippen LogP contribution < -0.4 is 0 Å². The molecular weight excluding hydrogens is 295 g/mol. The van der Waals surface area contributed by atoms with E-state index in [0.717, 1.165) is 23.9 Å². The molecule has 0 amide bonds. The number of aromatic nitrogens is 3. The molecular formula is C11H10F3N3O2S. The van der Waals surface area contributed by atoms with Gasteiger partial charge in [-0.2, -0.15) is 22.6 Å². The molecule has 1 atom stereocenters. The van der Waals surface area contributed by atoms with E-state index in [2.05, 4.69) is 14.2 Å². The van der Waals surface area contributed by atoms with Crippen LogP contribution in [-0.4, -0.2) is 26.3 Å². The van der Waals surface area contributed by atoms with E-state index in [0.29, 0.717) is 5.69 Å². The lowest BCUT2D eigenvalue weighted by Crippen LogP contribution is -2.26. The Labute approximate surface area is 116 Å². The molecule has 0 unspecified atom stereocenters. The number of hydrogen-bond acceptors (Lipinski definition) is 5. The van der Waals surface area contributed by atoms with Gasteiger partial charge in [-0.1, -0.05) is 0 Å². The minimum Gasteiger partial charge on any atom is -0.444 e. The van der Waals surface area contributed by atoms with Gasteiger partial charge in [0.05, 0.1) is 17.5 Å². The number of hydrogen-bond donors (Lipinski definition) is 0. The van der Waals surface area contributed by atoms with Crippen molar-refractivity contribution in [3.05, 3.63) is 34.6 Å². The third kappa shape index (κ3) is 2.98. The summed E-state index contributed by atoms with van der Waals surface area (Å²) in [4.78, 5) is 11.8. The fourth-order valence-corrected chi connectivity index (χ4v) is 2.24. The summed E-state index contributed by atoms with van der Waals surface area (Å²) in [6.07, 6.45) is -4.88. The van der Waals surface area contributed by atoms with Gasteiger partial charge in [-0.3, -0.25) is 4.68 Å². The van der Waals surface area contributed by atoms with Gasteiger partial charge < -0.3 is 4.74 Å². The summed E-state index contributed by atoms with van der Waals surface area (Å²) in [6, 6.07) is 0. The Morgan fingerprint density at radius 2 is 2.20 bits per heavy atom. The Bertz CT molecular complexity index is 620. The van der Waals surface area contributed by atoms with Gasteiger partial charge in [0, 0.05) is 24.2 Å². The molecule has 5 nitrogen and oxygen atoms in total. The number of carbonyl (C=O) groups is 1. The van der Waals surface area contributed by atoms with Crippen LogP contribution in [0.25, 0.3) is 0 Å². The summed E-state index contributed by atoms with van der Waals surface area (Å²) < 4.78 is 48.6. The van der Waals surface area contributed by atoms with Crippen LogP contribution in [0.2, 0.25) is 0 Å². The van der Waals surface area contributed by atoms with Crippen LogP contribution in [0, 0.1) is 6.92 Å². The van der Waals surface area contributed by atoms with Gasteiger partial charge in [-0.25, -0.2) is 4.79 Å². The number of alkyl halides is 3. The maximum absolute atomic E-state index is 13.0. The molecule has 2 heterocycles. The van der Waals surface area contributed by atoms with Crippen molar-refractivity contribution in [3.8, 4) is 0 Å². The third-order valence-corrected chi connectivity index (χ3v) is 3.24. The second-order valence-electron chi connectivity index (χ2n) is 4.09. The van der Waals surface area contributed by atoms with Gasteiger partial charge in [-0.15, -0.1) is 0 Å². The fourth-order valence-electron chi connectivity index (χ4n) is 1.56. The van der Waals surface area contributed by atoms with Crippen LogP contribution >= 0.6 is 11.5 Å². The quantitative estimate of drug-likeness (QED) is 0.818. The van der Waals surface area contributed by atoms with Gasteiger partial charge in [0.2, 0.25) is 6.10 Å². The topological polar surface area (TPSA) is 57.0 Å². The number of aryl methyl sites for hydroxylation is 2. The Morgan fingerprint density at radius 1 is 1.50 bits per heavy atom. The van der Waals surface area contributed by atoms with Crippen LogP contribution in [0.4, 0.5) is 13.2 Å². The molecule has 0 radical (unpaired) electrons. The van der Waals surface area contributed by atoms with E-state index in [1.165, 1.54) is 24.0 Å². The maximum Gasteiger partial charge on any atom is 0.429 e. The molecule has 108 valence electrons. The predicted molar refractivity (Wildman–Crippen MR) is 64.3 cm³/mol. The zero-order chi connectivity index (χ0) is 14.9. The smallest absolute Gasteiger partial charge is 0.429 e. The Kier molecular flexibility index (Phi) is 3.80. The molecule has 9 heteroatoms. The van der Waals surface area contributed by atoms with Gasteiger partial charge in [0.25, 0.3) is 0 Å². The summed E-state index contributed by atoms with van der Waals surface area (Å²) in [6.45, 7) is 1.53. The highest BCUT2D eigenvalue weighted by Gasteiger charge is 2.45. The summed E-state index contributed by atoms with van der Waals surface area (Å²) in [5.74, 6) is -1.05. The number of rotatable bonds is 3. The Morgan fingerprint density at radius 3 is 2.65 bits per heavy atom. The number of carbonyl (C=O) groups excluding carboxylic acids is 1. The lowest BCUT2D eigenvalue weighted by atomic mass is 10.2. The maximum atomic E-state index is 13.0. The highest BCUT2D eigenvalue weighted by molar-refractivity contribution is 7.03. The lowest BCUT2D eigenvalue weighted by Gasteiger charge is -2.19. The molecule has 2 aromatic rings. The molecule has 0 aliphatic heterocycles. The molecule has 20 heavy (non-hydrogen) atoms. The first-order valence-electron chi connectivity index (χ1n) is 5.46. The summed E-state index contributed by atoms with van der Waals surface area (Å²) in [5.41, 5.74) is 0.148. The number of halogens is 3. The molecule has 0 spiro atoms. The number of esters is 1. The second-order valence-corrected chi connectivity index (χ2v) is 4.72. The molecule has 2 aromatic heterocycles. The molecule has 0 aliphatic carbocycles. The highest BCUT2D eigenvalue weighted by atomic mass is 32.1. The van der Waals surface area contributed by atoms with Crippen molar-refractivity contribution < 1.29 is 22.7 Å².